The summed E-state index contributed by atoms with van der Waals surface area (Å²) in [5.41, 5.74) is 12.8. The molecule has 0 bridgehead atoms. The molecule has 0 aromatic carbocycles. The van der Waals surface area contributed by atoms with E-state index in [1.807, 2.05) is 13.0 Å². The number of carbonyl (C=O) groups excluding carboxylic acids is 1. The number of hydrogen-bond donors (Lipinski definition) is 2. The van der Waals surface area contributed by atoms with Crippen LogP contribution < -0.4 is 16.4 Å². The van der Waals surface area contributed by atoms with Gasteiger partial charge in [-0.3, -0.25) is 4.79 Å². The Hall–Kier alpha value is -1.78. The Morgan fingerprint density at radius 3 is 2.65 bits per heavy atom. The lowest BCUT2D eigenvalue weighted by Gasteiger charge is -2.31. The van der Waals surface area contributed by atoms with Gasteiger partial charge in [-0.2, -0.15) is 0 Å². The van der Waals surface area contributed by atoms with Crippen LogP contribution >= 0.6 is 0 Å². The van der Waals surface area contributed by atoms with Gasteiger partial charge in [-0.15, -0.1) is 0 Å². The van der Waals surface area contributed by atoms with Crippen molar-refractivity contribution in [1.82, 2.24) is 4.98 Å². The van der Waals surface area contributed by atoms with Crippen molar-refractivity contribution in [2.75, 3.05) is 23.7 Å². The van der Waals surface area contributed by atoms with Crippen LogP contribution in [0.15, 0.2) is 12.3 Å². The van der Waals surface area contributed by atoms with Gasteiger partial charge in [0.05, 0.1) is 11.9 Å². The maximum atomic E-state index is 11.1. The Labute approximate surface area is 101 Å². The topological polar surface area (TPSA) is 85.2 Å². The molecule has 1 aromatic heterocycles. The lowest BCUT2D eigenvalue weighted by Crippen LogP contribution is -2.38. The molecular weight excluding hydrogens is 216 g/mol. The van der Waals surface area contributed by atoms with Gasteiger partial charge in [0, 0.05) is 19.0 Å². The van der Waals surface area contributed by atoms with Crippen LogP contribution in [0.1, 0.15) is 18.4 Å². The maximum absolute atomic E-state index is 11.1. The van der Waals surface area contributed by atoms with Crippen LogP contribution in [0.5, 0.6) is 0 Å². The first-order valence-electron chi connectivity index (χ1n) is 5.84. The number of nitrogens with zero attached hydrogens (tertiary/aromatic N) is 2. The fourth-order valence-corrected chi connectivity index (χ4v) is 2.12. The Morgan fingerprint density at radius 2 is 2.12 bits per heavy atom. The molecule has 1 aromatic rings. The van der Waals surface area contributed by atoms with E-state index in [0.717, 1.165) is 37.3 Å². The molecule has 4 N–H and O–H groups in total. The molecule has 0 aliphatic carbocycles. The summed E-state index contributed by atoms with van der Waals surface area (Å²) in [6, 6.07) is 1.99. The van der Waals surface area contributed by atoms with Gasteiger partial charge in [-0.1, -0.05) is 0 Å². The van der Waals surface area contributed by atoms with Crippen molar-refractivity contribution in [3.63, 3.8) is 0 Å². The fourth-order valence-electron chi connectivity index (χ4n) is 2.12. The molecule has 0 unspecified atom stereocenters. The highest BCUT2D eigenvalue weighted by Crippen LogP contribution is 2.23. The summed E-state index contributed by atoms with van der Waals surface area (Å²) in [6.07, 6.45) is 3.30. The van der Waals surface area contributed by atoms with E-state index in [2.05, 4.69) is 9.88 Å². The third-order valence-electron chi connectivity index (χ3n) is 3.36. The molecule has 5 heteroatoms. The molecule has 1 amide bonds. The number of primary amides is 1. The van der Waals surface area contributed by atoms with Crippen LogP contribution in [0.3, 0.4) is 0 Å². The highest BCUT2D eigenvalue weighted by molar-refractivity contribution is 5.77. The van der Waals surface area contributed by atoms with Crippen molar-refractivity contribution < 1.29 is 4.79 Å². The summed E-state index contributed by atoms with van der Waals surface area (Å²) >= 11 is 0. The summed E-state index contributed by atoms with van der Waals surface area (Å²) < 4.78 is 0. The average molecular weight is 234 g/mol. The van der Waals surface area contributed by atoms with Crippen molar-refractivity contribution in [1.29, 1.82) is 0 Å². The first-order chi connectivity index (χ1) is 8.08. The van der Waals surface area contributed by atoms with Crippen LogP contribution in [0.2, 0.25) is 0 Å². The van der Waals surface area contributed by atoms with Crippen molar-refractivity contribution in [3.8, 4) is 0 Å². The summed E-state index contributed by atoms with van der Waals surface area (Å²) in [7, 11) is 0. The summed E-state index contributed by atoms with van der Waals surface area (Å²) in [4.78, 5) is 17.6. The van der Waals surface area contributed by atoms with E-state index in [1.165, 1.54) is 0 Å². The van der Waals surface area contributed by atoms with Crippen molar-refractivity contribution in [2.24, 2.45) is 11.7 Å². The highest BCUT2D eigenvalue weighted by Gasteiger charge is 2.23. The zero-order chi connectivity index (χ0) is 12.4. The molecule has 5 nitrogen and oxygen atoms in total. The zero-order valence-corrected chi connectivity index (χ0v) is 10.0. The van der Waals surface area contributed by atoms with Crippen molar-refractivity contribution in [3.05, 3.63) is 17.8 Å². The minimum Gasteiger partial charge on any atom is -0.397 e. The smallest absolute Gasteiger partial charge is 0.220 e. The summed E-state index contributed by atoms with van der Waals surface area (Å²) in [6.45, 7) is 3.62. The Bertz CT molecular complexity index is 425. The van der Waals surface area contributed by atoms with Crippen molar-refractivity contribution >= 4 is 17.4 Å². The second kappa shape index (κ2) is 4.61. The number of piperidine rings is 1. The minimum atomic E-state index is -0.189. The van der Waals surface area contributed by atoms with Gasteiger partial charge in [-0.25, -0.2) is 4.98 Å². The molecular formula is C12H18N4O. The number of aryl methyl sites for hydroxylation is 1. The monoisotopic (exact) mass is 234 g/mol. The minimum absolute atomic E-state index is 0.0149. The number of rotatable bonds is 2. The van der Waals surface area contributed by atoms with Crippen LogP contribution in [0.4, 0.5) is 11.5 Å². The van der Waals surface area contributed by atoms with Gasteiger partial charge >= 0.3 is 0 Å². The third-order valence-corrected chi connectivity index (χ3v) is 3.36. The first-order valence-corrected chi connectivity index (χ1v) is 5.84. The second-order valence-electron chi connectivity index (χ2n) is 4.56. The average Bonchev–Trinajstić information content (AvgIpc) is 2.33. The Balaban J connectivity index is 2.05. The first kappa shape index (κ1) is 11.7. The van der Waals surface area contributed by atoms with Crippen molar-refractivity contribution in [2.45, 2.75) is 19.8 Å². The van der Waals surface area contributed by atoms with E-state index in [4.69, 9.17) is 11.5 Å². The Kier molecular flexibility index (Phi) is 3.17. The SMILES string of the molecule is Cc1cc(N2CCC(C(N)=O)CC2)ncc1N. The molecule has 0 saturated carbocycles. The third kappa shape index (κ3) is 2.49. The van der Waals surface area contributed by atoms with E-state index in [0.29, 0.717) is 5.69 Å². The molecule has 1 fully saturated rings. The molecule has 1 saturated heterocycles. The number of aromatic nitrogens is 1. The van der Waals surface area contributed by atoms with Gasteiger partial charge in [0.2, 0.25) is 5.91 Å². The molecule has 1 aliphatic rings. The lowest BCUT2D eigenvalue weighted by molar-refractivity contribution is -0.122. The van der Waals surface area contributed by atoms with Gasteiger partial charge in [0.15, 0.2) is 0 Å². The molecule has 92 valence electrons. The van der Waals surface area contributed by atoms with Gasteiger partial charge in [0.1, 0.15) is 5.82 Å². The number of anilines is 2. The molecule has 2 rings (SSSR count). The molecule has 0 atom stereocenters. The Morgan fingerprint density at radius 1 is 1.47 bits per heavy atom. The standard InChI is InChI=1S/C12H18N4O/c1-8-6-11(15-7-10(8)13)16-4-2-9(3-5-16)12(14)17/h6-7,9H,2-5,13H2,1H3,(H2,14,17). The molecule has 2 heterocycles. The van der Waals surface area contributed by atoms with Crippen LogP contribution in [-0.4, -0.2) is 24.0 Å². The zero-order valence-electron chi connectivity index (χ0n) is 10.0. The second-order valence-corrected chi connectivity index (χ2v) is 4.56. The fraction of sp³-hybridized carbons (Fsp3) is 0.500. The maximum Gasteiger partial charge on any atom is 0.220 e. The largest absolute Gasteiger partial charge is 0.397 e. The number of nitrogens with two attached hydrogens (primary N) is 2. The molecule has 17 heavy (non-hydrogen) atoms. The van der Waals surface area contributed by atoms with E-state index in [9.17, 15) is 4.79 Å². The van der Waals surface area contributed by atoms with E-state index >= 15 is 0 Å². The summed E-state index contributed by atoms with van der Waals surface area (Å²) in [5, 5.41) is 0. The molecule has 0 spiro atoms. The van der Waals surface area contributed by atoms with Crippen LogP contribution in [-0.2, 0) is 4.79 Å². The predicted molar refractivity (Wildman–Crippen MR) is 67.5 cm³/mol. The quantitative estimate of drug-likeness (QED) is 0.787. The lowest BCUT2D eigenvalue weighted by atomic mass is 9.96. The number of hydrogen-bond acceptors (Lipinski definition) is 4. The highest BCUT2D eigenvalue weighted by atomic mass is 16.1. The van der Waals surface area contributed by atoms with Gasteiger partial charge in [0.25, 0.3) is 0 Å². The number of carbonyl (C=O) groups is 1. The van der Waals surface area contributed by atoms with Crippen LogP contribution in [0, 0.1) is 12.8 Å². The number of amides is 1. The number of nitrogen functional groups attached to an aromatic ring is 1. The van der Waals surface area contributed by atoms with E-state index < -0.39 is 0 Å². The van der Waals surface area contributed by atoms with Gasteiger partial charge in [-0.05, 0) is 31.4 Å². The van der Waals surface area contributed by atoms with E-state index in [1.54, 1.807) is 6.20 Å². The molecule has 1 aliphatic heterocycles. The van der Waals surface area contributed by atoms with E-state index in [-0.39, 0.29) is 11.8 Å². The van der Waals surface area contributed by atoms with Crippen LogP contribution in [0.25, 0.3) is 0 Å². The normalized spacial score (nSPS) is 17.1. The number of pyridine rings is 1. The van der Waals surface area contributed by atoms with Gasteiger partial charge < -0.3 is 16.4 Å². The molecule has 0 radical (unpaired) electrons. The predicted octanol–water partition coefficient (Wildman–Crippen LogP) is 0.674. The summed E-state index contributed by atoms with van der Waals surface area (Å²) in [5.74, 6) is 0.756.